The van der Waals surface area contributed by atoms with Crippen LogP contribution in [-0.2, 0) is 9.53 Å². The summed E-state index contributed by atoms with van der Waals surface area (Å²) in [6.07, 6.45) is 0. The monoisotopic (exact) mass is 269 g/mol. The lowest BCUT2D eigenvalue weighted by Gasteiger charge is -2.25. The summed E-state index contributed by atoms with van der Waals surface area (Å²) in [7, 11) is 0. The van der Waals surface area contributed by atoms with Gasteiger partial charge in [0.2, 0.25) is 5.91 Å². The van der Waals surface area contributed by atoms with Crippen LogP contribution in [0.5, 0.6) is 0 Å². The summed E-state index contributed by atoms with van der Waals surface area (Å²) in [5.74, 6) is -0.0778. The number of carbonyl (C=O) groups excluding carboxylic acids is 1. The second kappa shape index (κ2) is 6.04. The molecule has 1 saturated heterocycles. The zero-order valence-corrected chi connectivity index (χ0v) is 10.7. The van der Waals surface area contributed by atoms with Crippen LogP contribution in [0, 0.1) is 0 Å². The van der Waals surface area contributed by atoms with Gasteiger partial charge in [0.15, 0.2) is 0 Å². The highest BCUT2D eigenvalue weighted by Crippen LogP contribution is 2.22. The minimum Gasteiger partial charge on any atom is -0.397 e. The molecule has 0 saturated carbocycles. The van der Waals surface area contributed by atoms with Gasteiger partial charge in [-0.15, -0.1) is 0 Å². The average Bonchev–Trinajstić information content (AvgIpc) is 2.34. The van der Waals surface area contributed by atoms with Crippen molar-refractivity contribution < 1.29 is 9.53 Å². The largest absolute Gasteiger partial charge is 0.397 e. The van der Waals surface area contributed by atoms with Gasteiger partial charge in [-0.05, 0) is 18.2 Å². The van der Waals surface area contributed by atoms with Crippen molar-refractivity contribution in [1.29, 1.82) is 0 Å². The smallest absolute Gasteiger partial charge is 0.238 e. The van der Waals surface area contributed by atoms with Gasteiger partial charge in [-0.3, -0.25) is 9.69 Å². The molecule has 0 unspecified atom stereocenters. The summed E-state index contributed by atoms with van der Waals surface area (Å²) in [5, 5.41) is 3.33. The van der Waals surface area contributed by atoms with Crippen molar-refractivity contribution in [3.63, 3.8) is 0 Å². The van der Waals surface area contributed by atoms with E-state index in [1.165, 1.54) is 0 Å². The molecule has 1 aromatic carbocycles. The Morgan fingerprint density at radius 1 is 1.44 bits per heavy atom. The molecule has 6 heteroatoms. The summed E-state index contributed by atoms with van der Waals surface area (Å²) in [4.78, 5) is 13.9. The molecule has 0 spiro atoms. The Morgan fingerprint density at radius 2 is 2.17 bits per heavy atom. The quantitative estimate of drug-likeness (QED) is 0.809. The van der Waals surface area contributed by atoms with Crippen molar-refractivity contribution >= 4 is 28.9 Å². The molecular weight excluding hydrogens is 254 g/mol. The number of halogens is 1. The number of nitrogens with two attached hydrogens (primary N) is 1. The average molecular weight is 270 g/mol. The molecule has 0 atom stereocenters. The van der Waals surface area contributed by atoms with Crippen LogP contribution in [-0.4, -0.2) is 43.7 Å². The number of carbonyl (C=O) groups is 1. The molecule has 1 amide bonds. The Hall–Kier alpha value is -1.30. The van der Waals surface area contributed by atoms with Gasteiger partial charge in [0.05, 0.1) is 31.1 Å². The maximum absolute atomic E-state index is 11.8. The topological polar surface area (TPSA) is 67.6 Å². The Balaban J connectivity index is 1.90. The summed E-state index contributed by atoms with van der Waals surface area (Å²) in [5.41, 5.74) is 6.84. The van der Waals surface area contributed by atoms with Gasteiger partial charge in [-0.2, -0.15) is 0 Å². The number of benzene rings is 1. The molecule has 5 nitrogen and oxygen atoms in total. The third kappa shape index (κ3) is 3.60. The number of nitrogens with zero attached hydrogens (tertiary/aromatic N) is 1. The summed E-state index contributed by atoms with van der Waals surface area (Å²) in [6, 6.07) is 5.02. The van der Waals surface area contributed by atoms with E-state index < -0.39 is 0 Å². The Bertz CT molecular complexity index is 433. The van der Waals surface area contributed by atoms with Crippen molar-refractivity contribution in [2.24, 2.45) is 0 Å². The fourth-order valence-electron chi connectivity index (χ4n) is 1.80. The lowest BCUT2D eigenvalue weighted by Crippen LogP contribution is -2.41. The molecule has 3 N–H and O–H groups in total. The van der Waals surface area contributed by atoms with Crippen molar-refractivity contribution in [2.45, 2.75) is 0 Å². The first-order valence-electron chi connectivity index (χ1n) is 5.80. The van der Waals surface area contributed by atoms with Gasteiger partial charge >= 0.3 is 0 Å². The first-order valence-corrected chi connectivity index (χ1v) is 6.18. The third-order valence-corrected chi connectivity index (χ3v) is 2.99. The number of anilines is 2. The van der Waals surface area contributed by atoms with E-state index in [2.05, 4.69) is 5.32 Å². The highest BCUT2D eigenvalue weighted by atomic mass is 35.5. The van der Waals surface area contributed by atoms with E-state index >= 15 is 0 Å². The molecule has 1 fully saturated rings. The summed E-state index contributed by atoms with van der Waals surface area (Å²) >= 11 is 5.79. The van der Waals surface area contributed by atoms with Crippen LogP contribution in [0.15, 0.2) is 18.2 Å². The van der Waals surface area contributed by atoms with Crippen molar-refractivity contribution in [3.05, 3.63) is 23.2 Å². The van der Waals surface area contributed by atoms with Crippen molar-refractivity contribution in [3.8, 4) is 0 Å². The molecule has 98 valence electrons. The number of amides is 1. The fraction of sp³-hybridized carbons (Fsp3) is 0.417. The molecule has 0 bridgehead atoms. The molecular formula is C12H16ClN3O2. The minimum atomic E-state index is -0.0778. The highest BCUT2D eigenvalue weighted by molar-refractivity contribution is 6.31. The molecule has 1 heterocycles. The van der Waals surface area contributed by atoms with E-state index in [0.717, 1.165) is 13.1 Å². The van der Waals surface area contributed by atoms with Crippen LogP contribution in [0.25, 0.3) is 0 Å². The van der Waals surface area contributed by atoms with Crippen LogP contribution in [0.1, 0.15) is 0 Å². The lowest BCUT2D eigenvalue weighted by atomic mass is 10.2. The summed E-state index contributed by atoms with van der Waals surface area (Å²) in [6.45, 7) is 3.27. The van der Waals surface area contributed by atoms with E-state index in [1.807, 2.05) is 4.90 Å². The number of hydrogen-bond acceptors (Lipinski definition) is 4. The molecule has 0 aromatic heterocycles. The SMILES string of the molecule is Nc1cc(Cl)ccc1NC(=O)CN1CCOCC1. The van der Waals surface area contributed by atoms with E-state index in [9.17, 15) is 4.79 Å². The van der Waals surface area contributed by atoms with E-state index in [0.29, 0.717) is 36.2 Å². The molecule has 2 rings (SSSR count). The Kier molecular flexibility index (Phi) is 4.41. The second-order valence-electron chi connectivity index (χ2n) is 4.17. The van der Waals surface area contributed by atoms with Gasteiger partial charge in [-0.1, -0.05) is 11.6 Å². The van der Waals surface area contributed by atoms with E-state index in [4.69, 9.17) is 22.1 Å². The van der Waals surface area contributed by atoms with Crippen LogP contribution in [0.3, 0.4) is 0 Å². The number of ether oxygens (including phenoxy) is 1. The zero-order valence-electron chi connectivity index (χ0n) is 9.99. The Labute approximate surface area is 111 Å². The summed E-state index contributed by atoms with van der Waals surface area (Å²) < 4.78 is 5.22. The van der Waals surface area contributed by atoms with E-state index in [-0.39, 0.29) is 5.91 Å². The number of hydrogen-bond donors (Lipinski definition) is 2. The number of nitrogen functional groups attached to an aromatic ring is 1. The van der Waals surface area contributed by atoms with Crippen molar-refractivity contribution in [1.82, 2.24) is 4.90 Å². The molecule has 18 heavy (non-hydrogen) atoms. The van der Waals surface area contributed by atoms with Crippen molar-refractivity contribution in [2.75, 3.05) is 43.9 Å². The van der Waals surface area contributed by atoms with Gasteiger partial charge < -0.3 is 15.8 Å². The zero-order chi connectivity index (χ0) is 13.0. The standard InChI is InChI=1S/C12H16ClN3O2/c13-9-1-2-11(10(14)7-9)15-12(17)8-16-3-5-18-6-4-16/h1-2,7H,3-6,8,14H2,(H,15,17). The first-order chi connectivity index (χ1) is 8.65. The molecule has 1 aliphatic rings. The maximum Gasteiger partial charge on any atom is 0.238 e. The molecule has 1 aliphatic heterocycles. The predicted molar refractivity (Wildman–Crippen MR) is 71.8 cm³/mol. The maximum atomic E-state index is 11.8. The normalized spacial score (nSPS) is 16.5. The highest BCUT2D eigenvalue weighted by Gasteiger charge is 2.14. The lowest BCUT2D eigenvalue weighted by molar-refractivity contribution is -0.118. The molecule has 0 radical (unpaired) electrons. The fourth-order valence-corrected chi connectivity index (χ4v) is 1.98. The van der Waals surface area contributed by atoms with E-state index in [1.54, 1.807) is 18.2 Å². The number of rotatable bonds is 3. The van der Waals surface area contributed by atoms with Gasteiger partial charge in [-0.25, -0.2) is 0 Å². The van der Waals surface area contributed by atoms with Crippen LogP contribution in [0.2, 0.25) is 5.02 Å². The first kappa shape index (κ1) is 13.1. The molecule has 0 aliphatic carbocycles. The van der Waals surface area contributed by atoms with Gasteiger partial charge in [0.25, 0.3) is 0 Å². The van der Waals surface area contributed by atoms with Gasteiger partial charge in [0.1, 0.15) is 0 Å². The number of nitrogens with one attached hydrogen (secondary N) is 1. The van der Waals surface area contributed by atoms with Crippen LogP contribution >= 0.6 is 11.6 Å². The predicted octanol–water partition coefficient (Wildman–Crippen LogP) is 1.19. The Morgan fingerprint density at radius 3 is 2.83 bits per heavy atom. The minimum absolute atomic E-state index is 0.0778. The number of morpholine rings is 1. The second-order valence-corrected chi connectivity index (χ2v) is 4.60. The van der Waals surface area contributed by atoms with Crippen LogP contribution in [0.4, 0.5) is 11.4 Å². The van der Waals surface area contributed by atoms with Crippen LogP contribution < -0.4 is 11.1 Å². The molecule has 1 aromatic rings. The van der Waals surface area contributed by atoms with Gasteiger partial charge in [0, 0.05) is 18.1 Å². The third-order valence-electron chi connectivity index (χ3n) is 2.76.